The lowest BCUT2D eigenvalue weighted by molar-refractivity contribution is -0.127. The molecule has 2 aromatic heterocycles. The maximum absolute atomic E-state index is 12.9. The fourth-order valence-electron chi connectivity index (χ4n) is 3.37. The van der Waals surface area contributed by atoms with Gasteiger partial charge in [0.15, 0.2) is 5.65 Å². The van der Waals surface area contributed by atoms with Gasteiger partial charge in [-0.1, -0.05) is 55.4 Å². The van der Waals surface area contributed by atoms with Crippen molar-refractivity contribution in [1.82, 2.24) is 24.0 Å². The fraction of sp³-hybridized carbons (Fsp3) is 0.435. The molecule has 0 radical (unpaired) electrons. The third-order valence-corrected chi connectivity index (χ3v) is 6.07. The van der Waals surface area contributed by atoms with E-state index in [1.165, 1.54) is 28.9 Å². The molecular weight excluding hydrogens is 426 g/mol. The van der Waals surface area contributed by atoms with Crippen LogP contribution in [0.5, 0.6) is 0 Å². The number of aromatic nitrogens is 4. The molecule has 0 saturated heterocycles. The number of aryl methyl sites for hydroxylation is 2. The van der Waals surface area contributed by atoms with Gasteiger partial charge in [-0.25, -0.2) is 14.8 Å². The van der Waals surface area contributed by atoms with Crippen molar-refractivity contribution in [2.24, 2.45) is 13.0 Å². The van der Waals surface area contributed by atoms with E-state index in [-0.39, 0.29) is 23.0 Å². The van der Waals surface area contributed by atoms with E-state index in [1.54, 1.807) is 18.9 Å². The van der Waals surface area contributed by atoms with Crippen LogP contribution in [0.15, 0.2) is 38.9 Å². The number of rotatable bonds is 7. The average Bonchev–Trinajstić information content (AvgIpc) is 2.74. The topological polar surface area (TPSA) is 90.1 Å². The summed E-state index contributed by atoms with van der Waals surface area (Å²) >= 11 is 1.20. The molecule has 9 heteroatoms. The van der Waals surface area contributed by atoms with Crippen molar-refractivity contribution in [3.63, 3.8) is 0 Å². The lowest BCUT2D eigenvalue weighted by Crippen LogP contribution is -2.39. The van der Waals surface area contributed by atoms with Gasteiger partial charge in [-0.3, -0.25) is 18.7 Å². The maximum atomic E-state index is 12.9. The third-order valence-electron chi connectivity index (χ3n) is 5.11. The van der Waals surface area contributed by atoms with E-state index in [2.05, 4.69) is 9.97 Å². The van der Waals surface area contributed by atoms with Crippen molar-refractivity contribution < 1.29 is 4.79 Å². The number of benzene rings is 1. The largest absolute Gasteiger partial charge is 0.341 e. The number of nitrogens with zero attached hydrogens (tertiary/aromatic N) is 5. The molecule has 0 saturated carbocycles. The molecule has 32 heavy (non-hydrogen) atoms. The Kier molecular flexibility index (Phi) is 7.18. The number of carbonyl (C=O) groups excluding carboxylic acids is 1. The van der Waals surface area contributed by atoms with Gasteiger partial charge in [-0.2, -0.15) is 0 Å². The summed E-state index contributed by atoms with van der Waals surface area (Å²) in [6.45, 7) is 8.66. The van der Waals surface area contributed by atoms with Crippen molar-refractivity contribution >= 4 is 28.7 Å². The zero-order valence-corrected chi connectivity index (χ0v) is 20.2. The summed E-state index contributed by atoms with van der Waals surface area (Å²) in [4.78, 5) is 48.9. The average molecular weight is 456 g/mol. The number of carbonyl (C=O) groups is 1. The highest BCUT2D eigenvalue weighted by atomic mass is 32.2. The fourth-order valence-corrected chi connectivity index (χ4v) is 4.37. The van der Waals surface area contributed by atoms with Gasteiger partial charge in [-0.05, 0) is 25.3 Å². The second-order valence-electron chi connectivity index (χ2n) is 8.45. The Morgan fingerprint density at radius 1 is 1.12 bits per heavy atom. The molecule has 3 aromatic rings. The van der Waals surface area contributed by atoms with E-state index in [0.29, 0.717) is 29.6 Å². The minimum Gasteiger partial charge on any atom is -0.341 e. The van der Waals surface area contributed by atoms with E-state index >= 15 is 0 Å². The van der Waals surface area contributed by atoms with Crippen molar-refractivity contribution in [2.75, 3.05) is 12.8 Å². The predicted molar refractivity (Wildman–Crippen MR) is 127 cm³/mol. The number of amides is 1. The summed E-state index contributed by atoms with van der Waals surface area (Å²) in [7, 11) is 3.21. The smallest absolute Gasteiger partial charge is 0.332 e. The number of hydrogen-bond donors (Lipinski definition) is 0. The Hall–Kier alpha value is -2.94. The molecule has 170 valence electrons. The molecule has 0 aliphatic carbocycles. The second-order valence-corrected chi connectivity index (χ2v) is 9.41. The van der Waals surface area contributed by atoms with E-state index in [1.807, 2.05) is 45.0 Å². The molecule has 2 heterocycles. The molecule has 8 nitrogen and oxygen atoms in total. The van der Waals surface area contributed by atoms with Crippen LogP contribution in [0, 0.1) is 19.8 Å². The van der Waals surface area contributed by atoms with E-state index < -0.39 is 11.2 Å². The highest BCUT2D eigenvalue weighted by Crippen LogP contribution is 2.23. The standard InChI is InChI=1S/C23H29N5O3S/c1-14(2)11-28-20-19(22(30)27(6)23(28)31)21(25-16(4)24-20)32-13-18(29)26(5)12-17-9-7-15(3)8-10-17/h7-10,14H,11-13H2,1-6H3. The summed E-state index contributed by atoms with van der Waals surface area (Å²) in [5, 5.41) is 0.694. The van der Waals surface area contributed by atoms with Crippen molar-refractivity contribution in [2.45, 2.75) is 45.8 Å². The summed E-state index contributed by atoms with van der Waals surface area (Å²) in [6, 6.07) is 8.05. The SMILES string of the molecule is Cc1ccc(CN(C)C(=O)CSc2nc(C)nc3c2c(=O)n(C)c(=O)n3CC(C)C)cc1. The lowest BCUT2D eigenvalue weighted by Gasteiger charge is -2.18. The van der Waals surface area contributed by atoms with Gasteiger partial charge in [0, 0.05) is 27.2 Å². The van der Waals surface area contributed by atoms with Crippen molar-refractivity contribution in [3.8, 4) is 0 Å². The number of hydrogen-bond acceptors (Lipinski definition) is 6. The number of fused-ring (bicyclic) bond motifs is 1. The van der Waals surface area contributed by atoms with Crippen molar-refractivity contribution in [1.29, 1.82) is 0 Å². The van der Waals surface area contributed by atoms with Gasteiger partial charge < -0.3 is 4.90 Å². The van der Waals surface area contributed by atoms with Crippen LogP contribution >= 0.6 is 11.8 Å². The first-order chi connectivity index (χ1) is 15.1. The first-order valence-corrected chi connectivity index (χ1v) is 11.5. The molecule has 0 unspecified atom stereocenters. The van der Waals surface area contributed by atoms with E-state index in [4.69, 9.17) is 0 Å². The minimum atomic E-state index is -0.451. The maximum Gasteiger partial charge on any atom is 0.332 e. The Morgan fingerprint density at radius 3 is 2.41 bits per heavy atom. The predicted octanol–water partition coefficient (Wildman–Crippen LogP) is 2.51. The van der Waals surface area contributed by atoms with Crippen LogP contribution in [-0.2, 0) is 24.9 Å². The summed E-state index contributed by atoms with van der Waals surface area (Å²) in [5.74, 6) is 0.690. The van der Waals surface area contributed by atoms with Crippen LogP contribution in [0.2, 0.25) is 0 Å². The van der Waals surface area contributed by atoms with Gasteiger partial charge in [-0.15, -0.1) is 0 Å². The third kappa shape index (κ3) is 5.09. The summed E-state index contributed by atoms with van der Waals surface area (Å²) in [5.41, 5.74) is 1.68. The molecule has 0 aliphatic heterocycles. The molecule has 0 aliphatic rings. The van der Waals surface area contributed by atoms with Gasteiger partial charge in [0.05, 0.1) is 5.75 Å². The first kappa shape index (κ1) is 23.7. The summed E-state index contributed by atoms with van der Waals surface area (Å²) < 4.78 is 2.60. The molecule has 0 N–H and O–H groups in total. The Bertz CT molecular complexity index is 1260. The minimum absolute atomic E-state index is 0.0766. The highest BCUT2D eigenvalue weighted by Gasteiger charge is 2.20. The molecule has 0 fully saturated rings. The number of thioether (sulfide) groups is 1. The Labute approximate surface area is 191 Å². The molecule has 0 atom stereocenters. The van der Waals surface area contributed by atoms with Crippen LogP contribution < -0.4 is 11.2 Å². The van der Waals surface area contributed by atoms with Crippen LogP contribution in [0.3, 0.4) is 0 Å². The molecule has 1 amide bonds. The zero-order valence-electron chi connectivity index (χ0n) is 19.4. The molecule has 1 aromatic carbocycles. The van der Waals surface area contributed by atoms with Gasteiger partial charge >= 0.3 is 5.69 Å². The van der Waals surface area contributed by atoms with Crippen molar-refractivity contribution in [3.05, 3.63) is 62.1 Å². The Morgan fingerprint density at radius 2 is 1.78 bits per heavy atom. The van der Waals surface area contributed by atoms with Gasteiger partial charge in [0.2, 0.25) is 5.91 Å². The molecule has 3 rings (SSSR count). The zero-order chi connectivity index (χ0) is 23.6. The van der Waals surface area contributed by atoms with Crippen LogP contribution in [-0.4, -0.2) is 42.7 Å². The molecule has 0 spiro atoms. The summed E-state index contributed by atoms with van der Waals surface area (Å²) in [6.07, 6.45) is 0. The van der Waals surface area contributed by atoms with E-state index in [9.17, 15) is 14.4 Å². The molecular formula is C23H29N5O3S. The monoisotopic (exact) mass is 455 g/mol. The van der Waals surface area contributed by atoms with E-state index in [0.717, 1.165) is 10.1 Å². The normalized spacial score (nSPS) is 11.3. The lowest BCUT2D eigenvalue weighted by atomic mass is 10.1. The van der Waals surface area contributed by atoms with Crippen LogP contribution in [0.4, 0.5) is 0 Å². The molecule has 0 bridgehead atoms. The second kappa shape index (κ2) is 9.68. The highest BCUT2D eigenvalue weighted by molar-refractivity contribution is 8.00. The Balaban J connectivity index is 1.91. The van der Waals surface area contributed by atoms with Crippen LogP contribution in [0.1, 0.15) is 30.8 Å². The quantitative estimate of drug-likeness (QED) is 0.402. The van der Waals surface area contributed by atoms with Gasteiger partial charge in [0.1, 0.15) is 16.2 Å². The van der Waals surface area contributed by atoms with Crippen LogP contribution in [0.25, 0.3) is 11.0 Å². The van der Waals surface area contributed by atoms with Gasteiger partial charge in [0.25, 0.3) is 5.56 Å². The first-order valence-electron chi connectivity index (χ1n) is 10.5.